The maximum Gasteiger partial charge on any atom is 0.220 e. The van der Waals surface area contributed by atoms with E-state index in [-0.39, 0.29) is 5.91 Å². The number of carbonyl (C=O) groups excluding carboxylic acids is 1. The van der Waals surface area contributed by atoms with Gasteiger partial charge in [-0.25, -0.2) is 4.98 Å². The second kappa shape index (κ2) is 8.21. The molecule has 0 unspecified atom stereocenters. The van der Waals surface area contributed by atoms with Gasteiger partial charge in [0.1, 0.15) is 6.61 Å². The molecule has 1 amide bonds. The summed E-state index contributed by atoms with van der Waals surface area (Å²) in [7, 11) is 0. The summed E-state index contributed by atoms with van der Waals surface area (Å²) in [6, 6.07) is 7.12. The van der Waals surface area contributed by atoms with Crippen LogP contribution in [0.4, 0.5) is 0 Å². The standard InChI is InChI=1S/C15H16ClN3O2/c16-13-5-8-19-15(11-13)21-10-9-18-14(20)2-1-12-3-6-17-7-4-12/h3-8,11H,1-2,9-10H2,(H,18,20). The van der Waals surface area contributed by atoms with Gasteiger partial charge in [0.05, 0.1) is 6.54 Å². The molecule has 0 aromatic carbocycles. The molecule has 0 aliphatic heterocycles. The van der Waals surface area contributed by atoms with Crippen molar-refractivity contribution in [3.63, 3.8) is 0 Å². The third-order valence-electron chi connectivity index (χ3n) is 2.76. The first kappa shape index (κ1) is 15.3. The lowest BCUT2D eigenvalue weighted by molar-refractivity contribution is -0.121. The summed E-state index contributed by atoms with van der Waals surface area (Å²) in [4.78, 5) is 19.6. The van der Waals surface area contributed by atoms with E-state index in [0.717, 1.165) is 5.56 Å². The van der Waals surface area contributed by atoms with Gasteiger partial charge < -0.3 is 10.1 Å². The molecule has 0 atom stereocenters. The number of ether oxygens (including phenoxy) is 1. The van der Waals surface area contributed by atoms with E-state index in [1.807, 2.05) is 12.1 Å². The fourth-order valence-corrected chi connectivity index (χ4v) is 1.86. The molecule has 21 heavy (non-hydrogen) atoms. The van der Waals surface area contributed by atoms with Crippen LogP contribution in [0.5, 0.6) is 5.88 Å². The number of carbonyl (C=O) groups is 1. The van der Waals surface area contributed by atoms with Crippen molar-refractivity contribution < 1.29 is 9.53 Å². The van der Waals surface area contributed by atoms with E-state index in [1.165, 1.54) is 0 Å². The Morgan fingerprint density at radius 3 is 2.81 bits per heavy atom. The lowest BCUT2D eigenvalue weighted by Gasteiger charge is -2.07. The molecule has 6 heteroatoms. The molecule has 110 valence electrons. The molecule has 0 saturated carbocycles. The van der Waals surface area contributed by atoms with Crippen LogP contribution in [-0.4, -0.2) is 29.0 Å². The number of aromatic nitrogens is 2. The number of hydrogen-bond donors (Lipinski definition) is 1. The van der Waals surface area contributed by atoms with E-state index >= 15 is 0 Å². The second-order valence-electron chi connectivity index (χ2n) is 4.37. The molecule has 0 bridgehead atoms. The van der Waals surface area contributed by atoms with Crippen molar-refractivity contribution in [3.8, 4) is 5.88 Å². The molecule has 2 aromatic rings. The van der Waals surface area contributed by atoms with Crippen LogP contribution >= 0.6 is 11.6 Å². The zero-order chi connectivity index (χ0) is 14.9. The number of amides is 1. The maximum atomic E-state index is 11.7. The average Bonchev–Trinajstić information content (AvgIpc) is 2.51. The predicted molar refractivity (Wildman–Crippen MR) is 80.3 cm³/mol. The van der Waals surface area contributed by atoms with Gasteiger partial charge in [-0.15, -0.1) is 0 Å². The average molecular weight is 306 g/mol. The van der Waals surface area contributed by atoms with Crippen molar-refractivity contribution in [2.24, 2.45) is 0 Å². The largest absolute Gasteiger partial charge is 0.476 e. The highest BCUT2D eigenvalue weighted by Gasteiger charge is 2.02. The van der Waals surface area contributed by atoms with Gasteiger partial charge in [0.15, 0.2) is 0 Å². The van der Waals surface area contributed by atoms with Gasteiger partial charge >= 0.3 is 0 Å². The Morgan fingerprint density at radius 2 is 2.05 bits per heavy atom. The summed E-state index contributed by atoms with van der Waals surface area (Å²) in [5.74, 6) is 0.447. The molecule has 2 rings (SSSR count). The Morgan fingerprint density at radius 1 is 1.24 bits per heavy atom. The van der Waals surface area contributed by atoms with Gasteiger partial charge in [0.25, 0.3) is 0 Å². The van der Waals surface area contributed by atoms with Crippen LogP contribution in [0.25, 0.3) is 0 Å². The molecule has 0 radical (unpaired) electrons. The molecule has 1 N–H and O–H groups in total. The Bertz CT molecular complexity index is 578. The van der Waals surface area contributed by atoms with Crippen molar-refractivity contribution >= 4 is 17.5 Å². The monoisotopic (exact) mass is 305 g/mol. The number of pyridine rings is 2. The quantitative estimate of drug-likeness (QED) is 0.797. The molecular formula is C15H16ClN3O2. The molecule has 0 fully saturated rings. The first-order chi connectivity index (χ1) is 10.2. The van der Waals surface area contributed by atoms with Crippen molar-refractivity contribution in [2.75, 3.05) is 13.2 Å². The Hall–Kier alpha value is -2.14. The maximum absolute atomic E-state index is 11.7. The van der Waals surface area contributed by atoms with Crippen LogP contribution in [0.3, 0.4) is 0 Å². The van der Waals surface area contributed by atoms with Crippen molar-refractivity contribution in [1.82, 2.24) is 15.3 Å². The van der Waals surface area contributed by atoms with Crippen molar-refractivity contribution in [3.05, 3.63) is 53.4 Å². The number of halogens is 1. The SMILES string of the molecule is O=C(CCc1ccncc1)NCCOc1cc(Cl)ccn1. The van der Waals surface area contributed by atoms with Gasteiger partial charge in [-0.05, 0) is 30.2 Å². The predicted octanol–water partition coefficient (Wildman–Crippen LogP) is 2.26. The zero-order valence-corrected chi connectivity index (χ0v) is 12.2. The van der Waals surface area contributed by atoms with Crippen LogP contribution in [-0.2, 0) is 11.2 Å². The van der Waals surface area contributed by atoms with E-state index in [2.05, 4.69) is 15.3 Å². The summed E-state index contributed by atoms with van der Waals surface area (Å²) in [6.45, 7) is 0.789. The van der Waals surface area contributed by atoms with E-state index < -0.39 is 0 Å². The van der Waals surface area contributed by atoms with Crippen LogP contribution < -0.4 is 10.1 Å². The number of hydrogen-bond acceptors (Lipinski definition) is 4. The second-order valence-corrected chi connectivity index (χ2v) is 4.80. The highest BCUT2D eigenvalue weighted by atomic mass is 35.5. The van der Waals surface area contributed by atoms with E-state index in [0.29, 0.717) is 36.9 Å². The molecule has 5 nitrogen and oxygen atoms in total. The Labute approximate surface area is 128 Å². The third kappa shape index (κ3) is 5.79. The van der Waals surface area contributed by atoms with E-state index in [4.69, 9.17) is 16.3 Å². The lowest BCUT2D eigenvalue weighted by atomic mass is 10.1. The van der Waals surface area contributed by atoms with Gasteiger partial charge in [-0.2, -0.15) is 0 Å². The number of nitrogens with one attached hydrogen (secondary N) is 1. The summed E-state index contributed by atoms with van der Waals surface area (Å²) < 4.78 is 5.38. The van der Waals surface area contributed by atoms with Gasteiger partial charge in [-0.3, -0.25) is 9.78 Å². The van der Waals surface area contributed by atoms with Crippen LogP contribution in [0.1, 0.15) is 12.0 Å². The summed E-state index contributed by atoms with van der Waals surface area (Å²) in [5.41, 5.74) is 1.10. The minimum absolute atomic E-state index is 0.00512. The molecule has 2 aromatic heterocycles. The molecule has 2 heterocycles. The first-order valence-corrected chi connectivity index (χ1v) is 7.02. The minimum atomic E-state index is -0.00512. The lowest BCUT2D eigenvalue weighted by Crippen LogP contribution is -2.28. The Kier molecular flexibility index (Phi) is 5.97. The normalized spacial score (nSPS) is 10.1. The van der Waals surface area contributed by atoms with Gasteiger partial charge in [0.2, 0.25) is 11.8 Å². The van der Waals surface area contributed by atoms with E-state index in [1.54, 1.807) is 30.7 Å². The van der Waals surface area contributed by atoms with Gasteiger partial charge in [-0.1, -0.05) is 11.6 Å². The first-order valence-electron chi connectivity index (χ1n) is 6.64. The molecule has 0 spiro atoms. The molecule has 0 saturated heterocycles. The van der Waals surface area contributed by atoms with Crippen molar-refractivity contribution in [2.45, 2.75) is 12.8 Å². The summed E-state index contributed by atoms with van der Waals surface area (Å²) in [5, 5.41) is 3.37. The fourth-order valence-electron chi connectivity index (χ4n) is 1.71. The highest BCUT2D eigenvalue weighted by molar-refractivity contribution is 6.30. The smallest absolute Gasteiger partial charge is 0.220 e. The Balaban J connectivity index is 1.61. The molecular weight excluding hydrogens is 290 g/mol. The fraction of sp³-hybridized carbons (Fsp3) is 0.267. The summed E-state index contributed by atoms with van der Waals surface area (Å²) in [6.07, 6.45) is 6.16. The minimum Gasteiger partial charge on any atom is -0.476 e. The highest BCUT2D eigenvalue weighted by Crippen LogP contribution is 2.13. The van der Waals surface area contributed by atoms with Crippen LogP contribution in [0, 0.1) is 0 Å². The number of aryl methyl sites for hydroxylation is 1. The zero-order valence-electron chi connectivity index (χ0n) is 11.5. The molecule has 0 aliphatic rings. The number of rotatable bonds is 7. The van der Waals surface area contributed by atoms with Crippen LogP contribution in [0.15, 0.2) is 42.9 Å². The van der Waals surface area contributed by atoms with Crippen molar-refractivity contribution in [1.29, 1.82) is 0 Å². The van der Waals surface area contributed by atoms with E-state index in [9.17, 15) is 4.79 Å². The summed E-state index contributed by atoms with van der Waals surface area (Å²) >= 11 is 5.81. The van der Waals surface area contributed by atoms with Crippen LogP contribution in [0.2, 0.25) is 5.02 Å². The third-order valence-corrected chi connectivity index (χ3v) is 3.00. The molecule has 0 aliphatic carbocycles. The number of nitrogens with zero attached hydrogens (tertiary/aromatic N) is 2. The topological polar surface area (TPSA) is 64.1 Å². The van der Waals surface area contributed by atoms with Gasteiger partial charge in [0, 0.05) is 36.1 Å².